The van der Waals surface area contributed by atoms with Crippen LogP contribution in [0, 0.1) is 6.92 Å². The van der Waals surface area contributed by atoms with Gasteiger partial charge in [0.25, 0.3) is 0 Å². The van der Waals surface area contributed by atoms with Crippen molar-refractivity contribution in [3.63, 3.8) is 0 Å². The van der Waals surface area contributed by atoms with Crippen LogP contribution < -0.4 is 10.6 Å². The molecular formula is C12H18N2OS. The molecule has 4 heteroatoms. The Balaban J connectivity index is 2.51. The van der Waals surface area contributed by atoms with Gasteiger partial charge in [-0.2, -0.15) is 0 Å². The van der Waals surface area contributed by atoms with Gasteiger partial charge in [-0.15, -0.1) is 0 Å². The molecule has 0 aliphatic carbocycles. The largest absolute Gasteiger partial charge is 0.394 e. The van der Waals surface area contributed by atoms with E-state index in [0.717, 1.165) is 12.1 Å². The van der Waals surface area contributed by atoms with E-state index in [1.54, 1.807) is 0 Å². The minimum absolute atomic E-state index is 0.0183. The highest BCUT2D eigenvalue weighted by atomic mass is 32.1. The first-order valence-electron chi connectivity index (χ1n) is 5.40. The lowest BCUT2D eigenvalue weighted by molar-refractivity contribution is 0.253. The lowest BCUT2D eigenvalue weighted by atomic mass is 10.2. The van der Waals surface area contributed by atoms with E-state index in [4.69, 9.17) is 17.3 Å². The summed E-state index contributed by atoms with van der Waals surface area (Å²) in [5.74, 6) is 0. The van der Waals surface area contributed by atoms with E-state index in [1.807, 2.05) is 38.1 Å². The van der Waals surface area contributed by atoms with Crippen molar-refractivity contribution >= 4 is 23.0 Å². The smallest absolute Gasteiger partial charge is 0.171 e. The number of hydrogen-bond acceptors (Lipinski definition) is 2. The molecule has 0 heterocycles. The fourth-order valence-corrected chi connectivity index (χ4v) is 1.64. The van der Waals surface area contributed by atoms with E-state index in [1.165, 1.54) is 5.56 Å². The van der Waals surface area contributed by atoms with Gasteiger partial charge in [0.2, 0.25) is 0 Å². The normalized spacial score (nSPS) is 11.9. The second-order valence-electron chi connectivity index (χ2n) is 3.76. The van der Waals surface area contributed by atoms with Gasteiger partial charge >= 0.3 is 0 Å². The summed E-state index contributed by atoms with van der Waals surface area (Å²) in [5, 5.41) is 15.7. The predicted octanol–water partition coefficient (Wildman–Crippen LogP) is 2.05. The second-order valence-corrected chi connectivity index (χ2v) is 4.16. The third-order valence-electron chi connectivity index (χ3n) is 2.32. The van der Waals surface area contributed by atoms with E-state index < -0.39 is 0 Å². The number of aliphatic hydroxyl groups is 1. The van der Waals surface area contributed by atoms with Crippen LogP contribution in [-0.2, 0) is 0 Å². The lowest BCUT2D eigenvalue weighted by Crippen LogP contribution is -2.39. The average molecular weight is 238 g/mol. The Hall–Kier alpha value is -1.13. The molecule has 3 nitrogen and oxygen atoms in total. The minimum Gasteiger partial charge on any atom is -0.394 e. The summed E-state index contributed by atoms with van der Waals surface area (Å²) in [6, 6.07) is 8.01. The molecule has 0 aliphatic heterocycles. The van der Waals surface area contributed by atoms with Gasteiger partial charge in [0.05, 0.1) is 12.6 Å². The molecule has 0 unspecified atom stereocenters. The highest BCUT2D eigenvalue weighted by Gasteiger charge is 2.05. The molecule has 1 aromatic rings. The zero-order valence-electron chi connectivity index (χ0n) is 9.66. The van der Waals surface area contributed by atoms with Gasteiger partial charge in [-0.25, -0.2) is 0 Å². The van der Waals surface area contributed by atoms with Crippen molar-refractivity contribution in [2.45, 2.75) is 26.3 Å². The van der Waals surface area contributed by atoms with Crippen molar-refractivity contribution in [2.24, 2.45) is 0 Å². The molecule has 16 heavy (non-hydrogen) atoms. The summed E-state index contributed by atoms with van der Waals surface area (Å²) in [6.07, 6.45) is 0.839. The maximum Gasteiger partial charge on any atom is 0.171 e. The van der Waals surface area contributed by atoms with E-state index in [9.17, 15) is 0 Å². The average Bonchev–Trinajstić information content (AvgIpc) is 2.26. The summed E-state index contributed by atoms with van der Waals surface area (Å²) in [5.41, 5.74) is 2.15. The van der Waals surface area contributed by atoms with Gasteiger partial charge in [-0.3, -0.25) is 0 Å². The van der Waals surface area contributed by atoms with E-state index in [-0.39, 0.29) is 12.6 Å². The SMILES string of the molecule is CC[C@H](CO)NC(=S)Nc1cccc(C)c1. The molecule has 0 aliphatic rings. The quantitative estimate of drug-likeness (QED) is 0.703. The molecule has 0 saturated heterocycles. The first-order valence-corrected chi connectivity index (χ1v) is 5.81. The van der Waals surface area contributed by atoms with Gasteiger partial charge in [0.15, 0.2) is 5.11 Å². The fourth-order valence-electron chi connectivity index (χ4n) is 1.35. The highest BCUT2D eigenvalue weighted by molar-refractivity contribution is 7.80. The summed E-state index contributed by atoms with van der Waals surface area (Å²) in [6.45, 7) is 4.12. The van der Waals surface area contributed by atoms with Crippen LogP contribution in [-0.4, -0.2) is 22.9 Å². The second kappa shape index (κ2) is 6.45. The standard InChI is InChI=1S/C12H18N2OS/c1-3-10(8-15)13-12(16)14-11-6-4-5-9(2)7-11/h4-7,10,15H,3,8H2,1-2H3,(H2,13,14,16)/t10-/m1/s1. The fraction of sp³-hybridized carbons (Fsp3) is 0.417. The first-order chi connectivity index (χ1) is 7.65. The number of aliphatic hydroxyl groups excluding tert-OH is 1. The van der Waals surface area contributed by atoms with Crippen LogP contribution in [0.3, 0.4) is 0 Å². The molecule has 0 spiro atoms. The first kappa shape index (κ1) is 12.9. The Labute approximate surface area is 102 Å². The van der Waals surface area contributed by atoms with Crippen molar-refractivity contribution in [1.29, 1.82) is 0 Å². The third kappa shape index (κ3) is 4.16. The molecule has 88 valence electrons. The van der Waals surface area contributed by atoms with Crippen LogP contribution in [0.5, 0.6) is 0 Å². The Bertz CT molecular complexity index is 351. The van der Waals surface area contributed by atoms with Gasteiger partial charge in [0, 0.05) is 5.69 Å². The predicted molar refractivity (Wildman–Crippen MR) is 71.7 cm³/mol. The zero-order chi connectivity index (χ0) is 12.0. The molecule has 0 bridgehead atoms. The molecule has 0 saturated carbocycles. The molecule has 0 aromatic heterocycles. The van der Waals surface area contributed by atoms with Crippen molar-refractivity contribution < 1.29 is 5.11 Å². The van der Waals surface area contributed by atoms with E-state index >= 15 is 0 Å². The summed E-state index contributed by atoms with van der Waals surface area (Å²) >= 11 is 5.15. The van der Waals surface area contributed by atoms with Crippen LogP contribution in [0.2, 0.25) is 0 Å². The number of thiocarbonyl (C=S) groups is 1. The molecule has 1 atom stereocenters. The van der Waals surface area contributed by atoms with Gasteiger partial charge < -0.3 is 15.7 Å². The highest BCUT2D eigenvalue weighted by Crippen LogP contribution is 2.09. The molecule has 0 radical (unpaired) electrons. The molecule has 0 amide bonds. The molecular weight excluding hydrogens is 220 g/mol. The maximum atomic E-state index is 9.04. The van der Waals surface area contributed by atoms with Crippen molar-refractivity contribution in [3.05, 3.63) is 29.8 Å². The summed E-state index contributed by atoms with van der Waals surface area (Å²) in [7, 11) is 0. The number of anilines is 1. The zero-order valence-corrected chi connectivity index (χ0v) is 10.5. The molecule has 3 N–H and O–H groups in total. The van der Waals surface area contributed by atoms with E-state index in [2.05, 4.69) is 10.6 Å². The number of hydrogen-bond donors (Lipinski definition) is 3. The van der Waals surface area contributed by atoms with Gasteiger partial charge in [0.1, 0.15) is 0 Å². The minimum atomic E-state index is 0.0183. The van der Waals surface area contributed by atoms with Crippen LogP contribution in [0.25, 0.3) is 0 Å². The Morgan fingerprint density at radius 2 is 2.25 bits per heavy atom. The number of aryl methyl sites for hydroxylation is 1. The number of nitrogens with one attached hydrogen (secondary N) is 2. The van der Waals surface area contributed by atoms with E-state index in [0.29, 0.717) is 5.11 Å². The van der Waals surface area contributed by atoms with Crippen LogP contribution >= 0.6 is 12.2 Å². The Morgan fingerprint density at radius 1 is 1.50 bits per heavy atom. The molecule has 1 rings (SSSR count). The Kier molecular flexibility index (Phi) is 5.22. The monoisotopic (exact) mass is 238 g/mol. The summed E-state index contributed by atoms with van der Waals surface area (Å²) in [4.78, 5) is 0. The third-order valence-corrected chi connectivity index (χ3v) is 2.54. The lowest BCUT2D eigenvalue weighted by Gasteiger charge is -2.17. The van der Waals surface area contributed by atoms with Gasteiger partial charge in [-0.1, -0.05) is 19.1 Å². The van der Waals surface area contributed by atoms with Crippen LogP contribution in [0.1, 0.15) is 18.9 Å². The number of benzene rings is 1. The van der Waals surface area contributed by atoms with Crippen LogP contribution in [0.4, 0.5) is 5.69 Å². The summed E-state index contributed by atoms with van der Waals surface area (Å²) < 4.78 is 0. The number of rotatable bonds is 4. The van der Waals surface area contributed by atoms with Crippen molar-refractivity contribution in [3.8, 4) is 0 Å². The van der Waals surface area contributed by atoms with Crippen LogP contribution in [0.15, 0.2) is 24.3 Å². The van der Waals surface area contributed by atoms with Crippen molar-refractivity contribution in [1.82, 2.24) is 5.32 Å². The molecule has 0 fully saturated rings. The topological polar surface area (TPSA) is 44.3 Å². The van der Waals surface area contributed by atoms with Gasteiger partial charge in [-0.05, 0) is 43.3 Å². The van der Waals surface area contributed by atoms with Crippen molar-refractivity contribution in [2.75, 3.05) is 11.9 Å². The maximum absolute atomic E-state index is 9.04. The molecule has 1 aromatic carbocycles. The Morgan fingerprint density at radius 3 is 2.81 bits per heavy atom.